The molecule has 1 aliphatic heterocycles. The van der Waals surface area contributed by atoms with Crippen LogP contribution >= 0.6 is 22.9 Å². The molecule has 4 rings (SSSR count). The topological polar surface area (TPSA) is 108 Å². The molecule has 1 fully saturated rings. The van der Waals surface area contributed by atoms with E-state index in [-0.39, 0.29) is 11.1 Å². The quantitative estimate of drug-likeness (QED) is 0.550. The summed E-state index contributed by atoms with van der Waals surface area (Å²) in [6.45, 7) is 3.72. The zero-order valence-corrected chi connectivity index (χ0v) is 17.8. The number of methoxy groups -OCH3 is 1. The maximum absolute atomic E-state index is 13.0. The lowest BCUT2D eigenvalue weighted by atomic mass is 10.0. The average Bonchev–Trinajstić information content (AvgIpc) is 3.13. The molecule has 3 aromatic heterocycles. The number of rotatable bonds is 7. The fraction of sp³-hybridized carbons (Fsp3) is 0.316. The zero-order chi connectivity index (χ0) is 21.1. The number of aryl methyl sites for hydroxylation is 1. The summed E-state index contributed by atoms with van der Waals surface area (Å²) in [5.41, 5.74) is 2.33. The molecule has 1 saturated heterocycles. The molecule has 3 aromatic rings. The SMILES string of the molecule is COc1cnc(Cl)cc1-c1cc(C)ncc1C(=O)Nc1nnc(OCC2COC2)s1. The highest BCUT2D eigenvalue weighted by Crippen LogP contribution is 2.34. The Bertz CT molecular complexity index is 1070. The Balaban J connectivity index is 1.56. The van der Waals surface area contributed by atoms with E-state index >= 15 is 0 Å². The summed E-state index contributed by atoms with van der Waals surface area (Å²) >= 11 is 7.23. The minimum atomic E-state index is -0.386. The van der Waals surface area contributed by atoms with Crippen molar-refractivity contribution in [3.05, 3.63) is 40.9 Å². The van der Waals surface area contributed by atoms with Crippen molar-refractivity contribution in [3.8, 4) is 22.1 Å². The monoisotopic (exact) mass is 447 g/mol. The number of aromatic nitrogens is 4. The Morgan fingerprint density at radius 1 is 1.27 bits per heavy atom. The second-order valence-electron chi connectivity index (χ2n) is 6.62. The second-order valence-corrected chi connectivity index (χ2v) is 7.95. The normalized spacial score (nSPS) is 13.6. The van der Waals surface area contributed by atoms with Crippen LogP contribution in [0.3, 0.4) is 0 Å². The highest BCUT2D eigenvalue weighted by molar-refractivity contribution is 7.17. The second kappa shape index (κ2) is 8.90. The van der Waals surface area contributed by atoms with Crippen molar-refractivity contribution in [2.24, 2.45) is 5.92 Å². The van der Waals surface area contributed by atoms with Gasteiger partial charge in [-0.05, 0) is 30.4 Å². The highest BCUT2D eigenvalue weighted by Gasteiger charge is 2.21. The smallest absolute Gasteiger partial charge is 0.295 e. The first-order chi connectivity index (χ1) is 14.5. The van der Waals surface area contributed by atoms with Crippen molar-refractivity contribution in [2.45, 2.75) is 6.92 Å². The lowest BCUT2D eigenvalue weighted by molar-refractivity contribution is -0.0509. The van der Waals surface area contributed by atoms with Gasteiger partial charge in [0.25, 0.3) is 11.1 Å². The molecule has 156 valence electrons. The van der Waals surface area contributed by atoms with Crippen LogP contribution in [0.4, 0.5) is 5.13 Å². The maximum atomic E-state index is 13.0. The van der Waals surface area contributed by atoms with E-state index in [0.717, 1.165) is 17.0 Å². The van der Waals surface area contributed by atoms with Crippen LogP contribution in [0.5, 0.6) is 10.9 Å². The summed E-state index contributed by atoms with van der Waals surface area (Å²) in [7, 11) is 1.53. The molecule has 1 amide bonds. The van der Waals surface area contributed by atoms with Crippen molar-refractivity contribution in [2.75, 3.05) is 32.2 Å². The zero-order valence-electron chi connectivity index (χ0n) is 16.2. The van der Waals surface area contributed by atoms with Crippen LogP contribution in [-0.4, -0.2) is 53.0 Å². The van der Waals surface area contributed by atoms with Crippen molar-refractivity contribution >= 4 is 34.0 Å². The van der Waals surface area contributed by atoms with E-state index in [2.05, 4.69) is 25.5 Å². The predicted octanol–water partition coefficient (Wildman–Crippen LogP) is 3.24. The first-order valence-electron chi connectivity index (χ1n) is 9.05. The third-order valence-corrected chi connectivity index (χ3v) is 5.36. The van der Waals surface area contributed by atoms with Gasteiger partial charge in [0.05, 0.1) is 38.7 Å². The van der Waals surface area contributed by atoms with Crippen LogP contribution in [0.2, 0.25) is 5.15 Å². The van der Waals surface area contributed by atoms with Gasteiger partial charge in [0.1, 0.15) is 10.9 Å². The van der Waals surface area contributed by atoms with Gasteiger partial charge in [0, 0.05) is 28.9 Å². The van der Waals surface area contributed by atoms with Gasteiger partial charge in [-0.2, -0.15) is 0 Å². The molecule has 0 spiro atoms. The lowest BCUT2D eigenvalue weighted by Crippen LogP contribution is -2.32. The number of carbonyl (C=O) groups excluding carboxylic acids is 1. The van der Waals surface area contributed by atoms with Crippen molar-refractivity contribution in [1.29, 1.82) is 0 Å². The average molecular weight is 448 g/mol. The number of hydrogen-bond donors (Lipinski definition) is 1. The van der Waals surface area contributed by atoms with Crippen molar-refractivity contribution in [1.82, 2.24) is 20.2 Å². The van der Waals surface area contributed by atoms with Gasteiger partial charge in [-0.3, -0.25) is 15.1 Å². The number of hydrogen-bond acceptors (Lipinski definition) is 9. The highest BCUT2D eigenvalue weighted by atomic mass is 35.5. The third kappa shape index (κ3) is 4.50. The summed E-state index contributed by atoms with van der Waals surface area (Å²) in [6, 6.07) is 3.44. The number of amides is 1. The molecule has 1 N–H and O–H groups in total. The van der Waals surface area contributed by atoms with E-state index in [9.17, 15) is 4.79 Å². The Morgan fingerprint density at radius 2 is 2.10 bits per heavy atom. The van der Waals surface area contributed by atoms with Crippen molar-refractivity contribution < 1.29 is 19.0 Å². The van der Waals surface area contributed by atoms with Gasteiger partial charge in [-0.1, -0.05) is 16.7 Å². The van der Waals surface area contributed by atoms with Crippen LogP contribution in [0.25, 0.3) is 11.1 Å². The molecule has 0 aromatic carbocycles. The van der Waals surface area contributed by atoms with Crippen LogP contribution in [0.15, 0.2) is 24.5 Å². The molecule has 4 heterocycles. The Labute approximate surface area is 181 Å². The fourth-order valence-electron chi connectivity index (χ4n) is 2.81. The van der Waals surface area contributed by atoms with Gasteiger partial charge in [-0.25, -0.2) is 4.98 Å². The van der Waals surface area contributed by atoms with Gasteiger partial charge in [-0.15, -0.1) is 5.10 Å². The maximum Gasteiger partial charge on any atom is 0.295 e. The number of carbonyl (C=O) groups is 1. The molecule has 1 aliphatic rings. The predicted molar refractivity (Wildman–Crippen MR) is 111 cm³/mol. The van der Waals surface area contributed by atoms with E-state index in [1.165, 1.54) is 19.5 Å². The molecular formula is C19H18ClN5O4S. The van der Waals surface area contributed by atoms with Crippen molar-refractivity contribution in [3.63, 3.8) is 0 Å². The van der Waals surface area contributed by atoms with Crippen LogP contribution in [-0.2, 0) is 4.74 Å². The minimum Gasteiger partial charge on any atom is -0.494 e. The van der Waals surface area contributed by atoms with Crippen LogP contribution < -0.4 is 14.8 Å². The Morgan fingerprint density at radius 3 is 2.83 bits per heavy atom. The standard InChI is InChI=1S/C19H18ClN5O4S/c1-10-3-12(13-4-16(20)22-6-15(13)27-2)14(5-21-10)17(26)23-18-24-25-19(30-18)29-9-11-7-28-8-11/h3-6,11H,7-9H2,1-2H3,(H,23,24,26). The van der Waals surface area contributed by atoms with Gasteiger partial charge in [0.2, 0.25) is 5.13 Å². The van der Waals surface area contributed by atoms with Crippen LogP contribution in [0, 0.1) is 12.8 Å². The number of nitrogens with one attached hydrogen (secondary N) is 1. The number of nitrogens with zero attached hydrogens (tertiary/aromatic N) is 4. The summed E-state index contributed by atoms with van der Waals surface area (Å²) in [6.07, 6.45) is 3.01. The molecule has 30 heavy (non-hydrogen) atoms. The summed E-state index contributed by atoms with van der Waals surface area (Å²) < 4.78 is 16.1. The molecule has 0 bridgehead atoms. The van der Waals surface area contributed by atoms with Gasteiger partial charge >= 0.3 is 0 Å². The number of anilines is 1. The molecule has 0 unspecified atom stereocenters. The fourth-order valence-corrected chi connectivity index (χ4v) is 3.56. The first-order valence-corrected chi connectivity index (χ1v) is 10.2. The Kier molecular flexibility index (Phi) is 6.07. The molecule has 0 aliphatic carbocycles. The lowest BCUT2D eigenvalue weighted by Gasteiger charge is -2.24. The largest absolute Gasteiger partial charge is 0.494 e. The summed E-state index contributed by atoms with van der Waals surface area (Å²) in [4.78, 5) is 21.3. The summed E-state index contributed by atoms with van der Waals surface area (Å²) in [5, 5.41) is 11.7. The van der Waals surface area contributed by atoms with Crippen LogP contribution in [0.1, 0.15) is 16.1 Å². The van der Waals surface area contributed by atoms with E-state index in [0.29, 0.717) is 58.5 Å². The molecule has 11 heteroatoms. The molecular weight excluding hydrogens is 430 g/mol. The Hall–Kier alpha value is -2.82. The summed E-state index contributed by atoms with van der Waals surface area (Å²) in [5.74, 6) is 0.475. The van der Waals surface area contributed by atoms with E-state index in [1.54, 1.807) is 12.1 Å². The number of halogens is 1. The molecule has 0 saturated carbocycles. The van der Waals surface area contributed by atoms with Gasteiger partial charge in [0.15, 0.2) is 0 Å². The third-order valence-electron chi connectivity index (χ3n) is 4.41. The van der Waals surface area contributed by atoms with E-state index < -0.39 is 0 Å². The van der Waals surface area contributed by atoms with Gasteiger partial charge < -0.3 is 14.2 Å². The van der Waals surface area contributed by atoms with E-state index in [4.69, 9.17) is 25.8 Å². The molecule has 9 nitrogen and oxygen atoms in total. The number of pyridine rings is 2. The molecule has 0 radical (unpaired) electrons. The van der Waals surface area contributed by atoms with E-state index in [1.807, 2.05) is 6.92 Å². The molecule has 0 atom stereocenters. The number of ether oxygens (including phenoxy) is 3. The minimum absolute atomic E-state index is 0.286. The first kappa shape index (κ1) is 20.5.